The van der Waals surface area contributed by atoms with E-state index in [4.69, 9.17) is 13.9 Å². The summed E-state index contributed by atoms with van der Waals surface area (Å²) in [5.41, 5.74) is 3.71. The molecule has 0 bridgehead atoms. The molecule has 4 heteroatoms. The minimum atomic E-state index is -0.356. The van der Waals surface area contributed by atoms with Crippen molar-refractivity contribution in [2.45, 2.75) is 19.8 Å². The van der Waals surface area contributed by atoms with Crippen LogP contribution in [-0.4, -0.2) is 13.7 Å². The van der Waals surface area contributed by atoms with Gasteiger partial charge in [0.05, 0.1) is 19.3 Å². The van der Waals surface area contributed by atoms with Gasteiger partial charge in [0.2, 0.25) is 0 Å². The number of unbranched alkanes of at least 4 members (excludes halogenated alkanes) is 1. The van der Waals surface area contributed by atoms with E-state index in [2.05, 4.69) is 6.92 Å². The monoisotopic (exact) mass is 400 g/mol. The van der Waals surface area contributed by atoms with Crippen LogP contribution in [0.1, 0.15) is 19.8 Å². The predicted molar refractivity (Wildman–Crippen MR) is 120 cm³/mol. The molecule has 3 aromatic carbocycles. The standard InChI is InChI=1S/C26H24O4/c1-3-4-15-29-23-14-11-21-16-24(26(27)30-25(21)17-23)20-7-5-18(6-8-20)19-9-12-22(28-2)13-10-19/h5-14,16-17H,3-4,15H2,1-2H3. The van der Waals surface area contributed by atoms with Crippen LogP contribution in [-0.2, 0) is 0 Å². The average molecular weight is 400 g/mol. The van der Waals surface area contributed by atoms with Gasteiger partial charge >= 0.3 is 5.63 Å². The van der Waals surface area contributed by atoms with Gasteiger partial charge in [0.25, 0.3) is 0 Å². The van der Waals surface area contributed by atoms with Crippen LogP contribution < -0.4 is 15.1 Å². The molecule has 4 rings (SSSR count). The van der Waals surface area contributed by atoms with Gasteiger partial charge < -0.3 is 13.9 Å². The van der Waals surface area contributed by atoms with Gasteiger partial charge in [0.1, 0.15) is 17.1 Å². The molecule has 0 saturated heterocycles. The number of hydrogen-bond acceptors (Lipinski definition) is 4. The van der Waals surface area contributed by atoms with Crippen molar-refractivity contribution < 1.29 is 13.9 Å². The highest BCUT2D eigenvalue weighted by Gasteiger charge is 2.09. The number of fused-ring (bicyclic) bond motifs is 1. The van der Waals surface area contributed by atoms with Gasteiger partial charge in [-0.2, -0.15) is 0 Å². The van der Waals surface area contributed by atoms with Crippen molar-refractivity contribution in [2.75, 3.05) is 13.7 Å². The van der Waals surface area contributed by atoms with Crippen molar-refractivity contribution in [1.29, 1.82) is 0 Å². The van der Waals surface area contributed by atoms with Crippen LogP contribution in [0.5, 0.6) is 11.5 Å². The fraction of sp³-hybridized carbons (Fsp3) is 0.192. The first-order valence-electron chi connectivity index (χ1n) is 10.1. The molecule has 0 saturated carbocycles. The van der Waals surface area contributed by atoms with Crippen molar-refractivity contribution in [3.63, 3.8) is 0 Å². The molecule has 0 aliphatic carbocycles. The summed E-state index contributed by atoms with van der Waals surface area (Å²) in [5, 5.41) is 0.867. The van der Waals surface area contributed by atoms with Crippen LogP contribution in [0.25, 0.3) is 33.2 Å². The number of hydrogen-bond donors (Lipinski definition) is 0. The van der Waals surface area contributed by atoms with Crippen molar-refractivity contribution in [3.05, 3.63) is 83.2 Å². The Balaban J connectivity index is 1.61. The first-order chi connectivity index (χ1) is 14.7. The highest BCUT2D eigenvalue weighted by atomic mass is 16.5. The molecule has 0 fully saturated rings. The SMILES string of the molecule is CCCCOc1ccc2cc(-c3ccc(-c4ccc(OC)cc4)cc3)c(=O)oc2c1. The molecule has 4 aromatic rings. The van der Waals surface area contributed by atoms with Gasteiger partial charge in [-0.1, -0.05) is 49.7 Å². The Kier molecular flexibility index (Phi) is 5.84. The fourth-order valence-electron chi connectivity index (χ4n) is 3.34. The molecule has 0 N–H and O–H groups in total. The van der Waals surface area contributed by atoms with E-state index in [0.29, 0.717) is 17.8 Å². The maximum atomic E-state index is 12.6. The topological polar surface area (TPSA) is 48.7 Å². The average Bonchev–Trinajstić information content (AvgIpc) is 2.79. The highest BCUT2D eigenvalue weighted by molar-refractivity contribution is 5.83. The van der Waals surface area contributed by atoms with E-state index in [1.54, 1.807) is 13.2 Å². The van der Waals surface area contributed by atoms with E-state index in [1.807, 2.05) is 66.7 Å². The van der Waals surface area contributed by atoms with E-state index in [1.165, 1.54) is 0 Å². The van der Waals surface area contributed by atoms with Crippen molar-refractivity contribution >= 4 is 11.0 Å². The summed E-state index contributed by atoms with van der Waals surface area (Å²) in [6, 6.07) is 23.3. The molecule has 1 aromatic heterocycles. The minimum absolute atomic E-state index is 0.356. The smallest absolute Gasteiger partial charge is 0.344 e. The van der Waals surface area contributed by atoms with E-state index in [9.17, 15) is 4.79 Å². The summed E-state index contributed by atoms with van der Waals surface area (Å²) in [5.74, 6) is 1.54. The van der Waals surface area contributed by atoms with Gasteiger partial charge in [-0.05, 0) is 53.4 Å². The summed E-state index contributed by atoms with van der Waals surface area (Å²) >= 11 is 0. The van der Waals surface area contributed by atoms with Crippen LogP contribution in [0.3, 0.4) is 0 Å². The summed E-state index contributed by atoms with van der Waals surface area (Å²) in [6.45, 7) is 2.78. The van der Waals surface area contributed by atoms with Gasteiger partial charge in [0, 0.05) is 11.5 Å². The molecule has 1 heterocycles. The Morgan fingerprint density at radius 3 is 2.10 bits per heavy atom. The molecule has 0 amide bonds. The lowest BCUT2D eigenvalue weighted by molar-refractivity contribution is 0.309. The van der Waals surface area contributed by atoms with Crippen molar-refractivity contribution in [3.8, 4) is 33.8 Å². The lowest BCUT2D eigenvalue weighted by Gasteiger charge is -2.08. The number of methoxy groups -OCH3 is 1. The molecule has 0 spiro atoms. The molecular weight excluding hydrogens is 376 g/mol. The third-order valence-corrected chi connectivity index (χ3v) is 5.09. The van der Waals surface area contributed by atoms with Crippen LogP contribution in [0, 0.1) is 0 Å². The summed E-state index contributed by atoms with van der Waals surface area (Å²) in [4.78, 5) is 12.6. The van der Waals surface area contributed by atoms with E-state index in [-0.39, 0.29) is 5.63 Å². The number of benzene rings is 3. The molecule has 152 valence electrons. The van der Waals surface area contributed by atoms with Gasteiger partial charge in [-0.25, -0.2) is 4.79 Å². The maximum Gasteiger partial charge on any atom is 0.344 e. The second-order valence-electron chi connectivity index (χ2n) is 7.16. The maximum absolute atomic E-state index is 12.6. The molecule has 4 nitrogen and oxygen atoms in total. The lowest BCUT2D eigenvalue weighted by atomic mass is 10.0. The van der Waals surface area contributed by atoms with Gasteiger partial charge in [-0.15, -0.1) is 0 Å². The van der Waals surface area contributed by atoms with Crippen molar-refractivity contribution in [2.24, 2.45) is 0 Å². The zero-order chi connectivity index (χ0) is 20.9. The van der Waals surface area contributed by atoms with Gasteiger partial charge in [0.15, 0.2) is 0 Å². The Bertz CT molecular complexity index is 1190. The Labute approximate surface area is 175 Å². The van der Waals surface area contributed by atoms with E-state index < -0.39 is 0 Å². The third-order valence-electron chi connectivity index (χ3n) is 5.09. The van der Waals surface area contributed by atoms with Gasteiger partial charge in [-0.3, -0.25) is 0 Å². The second-order valence-corrected chi connectivity index (χ2v) is 7.16. The second kappa shape index (κ2) is 8.87. The molecule has 0 aliphatic heterocycles. The first-order valence-corrected chi connectivity index (χ1v) is 10.1. The number of rotatable bonds is 7. The lowest BCUT2D eigenvalue weighted by Crippen LogP contribution is -2.03. The van der Waals surface area contributed by atoms with Crippen LogP contribution in [0.4, 0.5) is 0 Å². The first kappa shape index (κ1) is 19.8. The summed E-state index contributed by atoms with van der Waals surface area (Å²) in [7, 11) is 1.65. The minimum Gasteiger partial charge on any atom is -0.497 e. The van der Waals surface area contributed by atoms with Crippen molar-refractivity contribution in [1.82, 2.24) is 0 Å². The number of ether oxygens (including phenoxy) is 2. The predicted octanol–water partition coefficient (Wildman–Crippen LogP) is 6.31. The molecule has 0 unspecified atom stereocenters. The third kappa shape index (κ3) is 4.23. The Morgan fingerprint density at radius 2 is 1.43 bits per heavy atom. The zero-order valence-electron chi connectivity index (χ0n) is 17.2. The normalized spacial score (nSPS) is 10.9. The fourth-order valence-corrected chi connectivity index (χ4v) is 3.34. The molecular formula is C26H24O4. The zero-order valence-corrected chi connectivity index (χ0v) is 17.2. The summed E-state index contributed by atoms with van der Waals surface area (Å²) < 4.78 is 16.5. The van der Waals surface area contributed by atoms with Crippen LogP contribution in [0.2, 0.25) is 0 Å². The molecule has 30 heavy (non-hydrogen) atoms. The Morgan fingerprint density at radius 1 is 0.800 bits per heavy atom. The molecule has 0 atom stereocenters. The summed E-state index contributed by atoms with van der Waals surface area (Å²) in [6.07, 6.45) is 2.07. The quantitative estimate of drug-likeness (QED) is 0.269. The molecule has 0 aliphatic rings. The van der Waals surface area contributed by atoms with Crippen LogP contribution in [0.15, 0.2) is 82.0 Å². The van der Waals surface area contributed by atoms with E-state index in [0.717, 1.165) is 46.4 Å². The Hall–Kier alpha value is -3.53. The van der Waals surface area contributed by atoms with Crippen LogP contribution >= 0.6 is 0 Å². The highest BCUT2D eigenvalue weighted by Crippen LogP contribution is 2.27. The molecule has 0 radical (unpaired) electrons. The van der Waals surface area contributed by atoms with E-state index >= 15 is 0 Å². The largest absolute Gasteiger partial charge is 0.497 e.